The zero-order chi connectivity index (χ0) is 29.2. The summed E-state index contributed by atoms with van der Waals surface area (Å²) in [6, 6.07) is 21.3. The lowest BCUT2D eigenvalue weighted by molar-refractivity contribution is -0.136. The minimum atomic E-state index is -2.19. The van der Waals surface area contributed by atoms with Gasteiger partial charge in [0.25, 0.3) is 0 Å². The summed E-state index contributed by atoms with van der Waals surface area (Å²) in [5.74, 6) is -1.57. The third-order valence-electron chi connectivity index (χ3n) is 8.24. The van der Waals surface area contributed by atoms with Crippen molar-refractivity contribution in [3.63, 3.8) is 0 Å². The van der Waals surface area contributed by atoms with Crippen LogP contribution in [-0.4, -0.2) is 25.3 Å². The smallest absolute Gasteiger partial charge is 0.307 e. The number of anilines is 1. The number of amides is 1. The molecule has 3 atom stereocenters. The van der Waals surface area contributed by atoms with Gasteiger partial charge in [0.05, 0.1) is 24.5 Å². The monoisotopic (exact) mass is 625 g/mol. The van der Waals surface area contributed by atoms with Gasteiger partial charge in [-0.25, -0.2) is 4.39 Å². The third kappa shape index (κ3) is 6.56. The summed E-state index contributed by atoms with van der Waals surface area (Å²) in [6.07, 6.45) is 0.704. The Kier molecular flexibility index (Phi) is 9.02. The van der Waals surface area contributed by atoms with Crippen molar-refractivity contribution >= 4 is 41.8 Å². The Hall–Kier alpha value is -2.81. The molecule has 3 aromatic rings. The third-order valence-corrected chi connectivity index (χ3v) is 13.2. The van der Waals surface area contributed by atoms with Gasteiger partial charge >= 0.3 is 5.97 Å². The van der Waals surface area contributed by atoms with Gasteiger partial charge in [-0.05, 0) is 84.1 Å². The van der Waals surface area contributed by atoms with E-state index in [-0.39, 0.29) is 41.2 Å². The maximum absolute atomic E-state index is 13.8. The lowest BCUT2D eigenvalue weighted by Gasteiger charge is -2.49. The largest absolute Gasteiger partial charge is 0.481 e. The van der Waals surface area contributed by atoms with Crippen molar-refractivity contribution < 1.29 is 23.5 Å². The molecule has 1 fully saturated rings. The van der Waals surface area contributed by atoms with Gasteiger partial charge < -0.3 is 14.4 Å². The van der Waals surface area contributed by atoms with Crippen molar-refractivity contribution in [1.82, 2.24) is 0 Å². The molecule has 0 bridgehead atoms. The standard InChI is InChI=1S/C32H37BrFNO4Si/c1-32(2,3)40(4,5)39-28(21-11-14-24(34)15-12-21)18-17-27-30(35(31(27)38)25-9-7-6-8-10-25)26-16-13-23(33)19-22(26)20-29(36)37/h6-16,19,27-28,30H,17-18,20H2,1-5H3,(H,36,37). The lowest BCUT2D eigenvalue weighted by Crippen LogP contribution is -2.55. The van der Waals surface area contributed by atoms with E-state index in [1.165, 1.54) is 12.1 Å². The summed E-state index contributed by atoms with van der Waals surface area (Å²) < 4.78 is 21.4. The highest BCUT2D eigenvalue weighted by Gasteiger charge is 2.49. The lowest BCUT2D eigenvalue weighted by atomic mass is 9.76. The van der Waals surface area contributed by atoms with Crippen LogP contribution in [0.2, 0.25) is 18.1 Å². The second-order valence-corrected chi connectivity index (χ2v) is 17.7. The first-order valence-corrected chi connectivity index (χ1v) is 17.3. The fourth-order valence-electron chi connectivity index (χ4n) is 5.08. The molecule has 1 N–H and O–H groups in total. The molecule has 0 saturated carbocycles. The van der Waals surface area contributed by atoms with E-state index in [4.69, 9.17) is 4.43 Å². The summed E-state index contributed by atoms with van der Waals surface area (Å²) >= 11 is 3.47. The molecule has 212 valence electrons. The van der Waals surface area contributed by atoms with E-state index in [9.17, 15) is 19.1 Å². The van der Waals surface area contributed by atoms with E-state index in [0.29, 0.717) is 18.4 Å². The zero-order valence-electron chi connectivity index (χ0n) is 23.7. The molecule has 4 rings (SSSR count). The number of halogens is 2. The van der Waals surface area contributed by atoms with Crippen LogP contribution >= 0.6 is 15.9 Å². The fraction of sp³-hybridized carbons (Fsp3) is 0.375. The number of hydrogen-bond donors (Lipinski definition) is 1. The van der Waals surface area contributed by atoms with E-state index in [0.717, 1.165) is 21.3 Å². The molecular formula is C32H37BrFNO4Si. The molecule has 0 aromatic heterocycles. The van der Waals surface area contributed by atoms with Crippen LogP contribution in [0.1, 0.15) is 62.4 Å². The Morgan fingerprint density at radius 2 is 1.73 bits per heavy atom. The minimum absolute atomic E-state index is 0.00516. The second-order valence-electron chi connectivity index (χ2n) is 12.0. The number of rotatable bonds is 10. The van der Waals surface area contributed by atoms with Crippen LogP contribution < -0.4 is 4.90 Å². The first-order valence-electron chi connectivity index (χ1n) is 13.6. The SMILES string of the molecule is CC(C)(C)[Si](C)(C)OC(CCC1C(=O)N(c2ccccc2)C1c1ccc(Br)cc1CC(=O)O)c1ccc(F)cc1. The summed E-state index contributed by atoms with van der Waals surface area (Å²) in [4.78, 5) is 27.2. The Bertz CT molecular complexity index is 1360. The number of benzene rings is 3. The van der Waals surface area contributed by atoms with Crippen LogP contribution in [0.4, 0.5) is 10.1 Å². The van der Waals surface area contributed by atoms with Crippen molar-refractivity contribution in [2.24, 2.45) is 5.92 Å². The zero-order valence-corrected chi connectivity index (χ0v) is 26.2. The van der Waals surface area contributed by atoms with Crippen LogP contribution in [-0.2, 0) is 20.4 Å². The van der Waals surface area contributed by atoms with E-state index < -0.39 is 14.3 Å². The van der Waals surface area contributed by atoms with Crippen LogP contribution in [0.25, 0.3) is 0 Å². The number of carboxylic acids is 1. The number of carboxylic acid groups (broad SMARTS) is 1. The Labute approximate surface area is 245 Å². The summed E-state index contributed by atoms with van der Waals surface area (Å²) in [5, 5.41) is 9.60. The topological polar surface area (TPSA) is 66.8 Å². The molecular weight excluding hydrogens is 589 g/mol. The van der Waals surface area contributed by atoms with E-state index in [2.05, 4.69) is 49.8 Å². The van der Waals surface area contributed by atoms with Gasteiger partial charge in [0.2, 0.25) is 5.91 Å². The van der Waals surface area contributed by atoms with Gasteiger partial charge in [0, 0.05) is 10.2 Å². The predicted octanol–water partition coefficient (Wildman–Crippen LogP) is 8.46. The van der Waals surface area contributed by atoms with E-state index in [1.807, 2.05) is 48.5 Å². The van der Waals surface area contributed by atoms with Crippen molar-refractivity contribution in [1.29, 1.82) is 0 Å². The molecule has 5 nitrogen and oxygen atoms in total. The molecule has 1 heterocycles. The number of nitrogens with zero attached hydrogens (tertiary/aromatic N) is 1. The molecule has 0 spiro atoms. The molecule has 1 aliphatic rings. The molecule has 1 aliphatic heterocycles. The Morgan fingerprint density at radius 3 is 2.33 bits per heavy atom. The van der Waals surface area contributed by atoms with Crippen LogP contribution in [0.5, 0.6) is 0 Å². The average molecular weight is 627 g/mol. The predicted molar refractivity (Wildman–Crippen MR) is 162 cm³/mol. The molecule has 0 aliphatic carbocycles. The van der Waals surface area contributed by atoms with Gasteiger partial charge in [-0.3, -0.25) is 9.59 Å². The summed E-state index contributed by atoms with van der Waals surface area (Å²) in [7, 11) is -2.19. The highest BCUT2D eigenvalue weighted by atomic mass is 79.9. The van der Waals surface area contributed by atoms with Gasteiger partial charge in [-0.2, -0.15) is 0 Å². The van der Waals surface area contributed by atoms with Gasteiger partial charge in [-0.15, -0.1) is 0 Å². The van der Waals surface area contributed by atoms with Crippen LogP contribution in [0.15, 0.2) is 77.3 Å². The first-order chi connectivity index (χ1) is 18.8. The summed E-state index contributed by atoms with van der Waals surface area (Å²) in [5.41, 5.74) is 3.19. The maximum Gasteiger partial charge on any atom is 0.307 e. The van der Waals surface area contributed by atoms with Crippen molar-refractivity contribution in [3.05, 3.63) is 99.8 Å². The van der Waals surface area contributed by atoms with Crippen molar-refractivity contribution in [2.45, 2.75) is 70.3 Å². The van der Waals surface area contributed by atoms with Crippen molar-refractivity contribution in [2.75, 3.05) is 4.90 Å². The molecule has 40 heavy (non-hydrogen) atoms. The summed E-state index contributed by atoms with van der Waals surface area (Å²) in [6.45, 7) is 10.9. The highest BCUT2D eigenvalue weighted by molar-refractivity contribution is 9.10. The first kappa shape index (κ1) is 30.2. The normalized spacial score (nSPS) is 18.4. The number of para-hydroxylation sites is 1. The number of carbonyl (C=O) groups is 2. The van der Waals surface area contributed by atoms with Crippen LogP contribution in [0.3, 0.4) is 0 Å². The molecule has 1 amide bonds. The number of β-lactam (4-membered cyclic amide) rings is 1. The van der Waals surface area contributed by atoms with Gasteiger partial charge in [0.1, 0.15) is 5.82 Å². The molecule has 0 radical (unpaired) electrons. The minimum Gasteiger partial charge on any atom is -0.481 e. The molecule has 3 unspecified atom stereocenters. The molecule has 8 heteroatoms. The van der Waals surface area contributed by atoms with Gasteiger partial charge in [0.15, 0.2) is 8.32 Å². The number of aliphatic carboxylic acids is 1. The van der Waals surface area contributed by atoms with Crippen molar-refractivity contribution in [3.8, 4) is 0 Å². The van der Waals surface area contributed by atoms with E-state index in [1.54, 1.807) is 17.0 Å². The molecule has 1 saturated heterocycles. The quantitative estimate of drug-likeness (QED) is 0.181. The Morgan fingerprint density at radius 1 is 1.07 bits per heavy atom. The maximum atomic E-state index is 13.8. The number of carbonyl (C=O) groups excluding carboxylic acids is 1. The second kappa shape index (κ2) is 12.0. The molecule has 3 aromatic carbocycles. The van der Waals surface area contributed by atoms with Crippen LogP contribution in [0, 0.1) is 11.7 Å². The fourth-order valence-corrected chi connectivity index (χ4v) is 6.80. The van der Waals surface area contributed by atoms with Gasteiger partial charge in [-0.1, -0.05) is 73.1 Å². The average Bonchev–Trinajstić information content (AvgIpc) is 2.87. The number of hydrogen-bond acceptors (Lipinski definition) is 3. The highest BCUT2D eigenvalue weighted by Crippen LogP contribution is 2.48. The van der Waals surface area contributed by atoms with E-state index >= 15 is 0 Å². The Balaban J connectivity index is 1.68.